The van der Waals surface area contributed by atoms with Crippen molar-refractivity contribution in [2.24, 2.45) is 0 Å². The molecular formula is C32H29N3S. The second kappa shape index (κ2) is 11.5. The van der Waals surface area contributed by atoms with Gasteiger partial charge in [-0.2, -0.15) is 0 Å². The second-order valence-electron chi connectivity index (χ2n) is 8.44. The fourth-order valence-electron chi connectivity index (χ4n) is 3.78. The first kappa shape index (κ1) is 25.0. The summed E-state index contributed by atoms with van der Waals surface area (Å²) < 4.78 is 2.78. The molecule has 5 aromatic rings. The molecular weight excluding hydrogens is 458 g/mol. The minimum absolute atomic E-state index is 0.653. The van der Waals surface area contributed by atoms with E-state index in [0.29, 0.717) is 17.5 Å². The van der Waals surface area contributed by atoms with E-state index < -0.39 is 0 Å². The summed E-state index contributed by atoms with van der Waals surface area (Å²) in [5, 5.41) is 2.77. The van der Waals surface area contributed by atoms with Crippen LogP contribution in [0.25, 0.3) is 42.7 Å². The maximum Gasteiger partial charge on any atom is 0.164 e. The Morgan fingerprint density at radius 1 is 0.694 bits per heavy atom. The van der Waals surface area contributed by atoms with Crippen molar-refractivity contribution in [2.75, 3.05) is 0 Å². The average Bonchev–Trinajstić information content (AvgIpc) is 3.27. The maximum absolute atomic E-state index is 4.57. The predicted octanol–water partition coefficient (Wildman–Crippen LogP) is 9.08. The van der Waals surface area contributed by atoms with E-state index in [1.54, 1.807) is 12.2 Å². The van der Waals surface area contributed by atoms with Crippen LogP contribution in [-0.4, -0.2) is 15.0 Å². The zero-order valence-corrected chi connectivity index (χ0v) is 21.7. The van der Waals surface area contributed by atoms with Gasteiger partial charge in [-0.25, -0.2) is 15.0 Å². The molecule has 178 valence electrons. The molecule has 0 atom stereocenters. The van der Waals surface area contributed by atoms with Crippen LogP contribution in [0, 0.1) is 6.92 Å². The van der Waals surface area contributed by atoms with Gasteiger partial charge >= 0.3 is 0 Å². The molecule has 36 heavy (non-hydrogen) atoms. The third-order valence-electron chi connectivity index (χ3n) is 5.64. The lowest BCUT2D eigenvalue weighted by Crippen LogP contribution is -2.03. The highest BCUT2D eigenvalue weighted by atomic mass is 32.1. The topological polar surface area (TPSA) is 38.7 Å². The van der Waals surface area contributed by atoms with Gasteiger partial charge in [0.05, 0.1) is 0 Å². The van der Waals surface area contributed by atoms with Crippen molar-refractivity contribution in [2.45, 2.75) is 20.8 Å². The highest BCUT2D eigenvalue weighted by molar-refractivity contribution is 7.25. The van der Waals surface area contributed by atoms with Crippen LogP contribution in [0.5, 0.6) is 0 Å². The Balaban J connectivity index is 0.000000185. The number of rotatable bonds is 5. The Labute approximate surface area is 216 Å². The molecule has 0 amide bonds. The minimum atomic E-state index is 0.653. The van der Waals surface area contributed by atoms with Crippen LogP contribution in [0.3, 0.4) is 0 Å². The van der Waals surface area contributed by atoms with Crippen molar-refractivity contribution in [1.82, 2.24) is 15.0 Å². The van der Waals surface area contributed by atoms with Crippen LogP contribution in [0.2, 0.25) is 0 Å². The fourth-order valence-corrected chi connectivity index (χ4v) is 4.98. The van der Waals surface area contributed by atoms with Gasteiger partial charge in [0.1, 0.15) is 0 Å². The molecule has 3 nitrogen and oxygen atoms in total. The summed E-state index contributed by atoms with van der Waals surface area (Å²) in [4.78, 5) is 13.7. The number of hydrogen-bond donors (Lipinski definition) is 0. The third-order valence-corrected chi connectivity index (χ3v) is 6.78. The van der Waals surface area contributed by atoms with Crippen molar-refractivity contribution in [1.29, 1.82) is 0 Å². The summed E-state index contributed by atoms with van der Waals surface area (Å²) in [6.07, 6.45) is 7.24. The molecule has 0 radical (unpaired) electrons. The highest BCUT2D eigenvalue weighted by Gasteiger charge is 2.10. The molecule has 3 aromatic carbocycles. The van der Waals surface area contributed by atoms with Crippen LogP contribution in [0.15, 0.2) is 110 Å². The van der Waals surface area contributed by atoms with E-state index in [4.69, 9.17) is 0 Å². The number of benzene rings is 3. The number of aromatic nitrogens is 3. The number of thiophene rings is 1. The number of nitrogens with zero attached hydrogens (tertiary/aromatic N) is 3. The quantitative estimate of drug-likeness (QED) is 0.232. The maximum atomic E-state index is 4.57. The van der Waals surface area contributed by atoms with Crippen LogP contribution in [-0.2, 0) is 0 Å². The zero-order chi connectivity index (χ0) is 25.5. The summed E-state index contributed by atoms with van der Waals surface area (Å²) in [7, 11) is 0. The Morgan fingerprint density at radius 3 is 1.92 bits per heavy atom. The van der Waals surface area contributed by atoms with E-state index in [2.05, 4.69) is 77.5 Å². The molecule has 4 heteroatoms. The van der Waals surface area contributed by atoms with E-state index in [1.165, 1.54) is 25.7 Å². The average molecular weight is 488 g/mol. The van der Waals surface area contributed by atoms with Crippen molar-refractivity contribution < 1.29 is 0 Å². The van der Waals surface area contributed by atoms with Gasteiger partial charge in [-0.05, 0) is 49.6 Å². The van der Waals surface area contributed by atoms with Crippen LogP contribution in [0.4, 0.5) is 0 Å². The number of hydrogen-bond acceptors (Lipinski definition) is 4. The number of allylic oxidation sites excluding steroid dienone is 6. The minimum Gasteiger partial charge on any atom is -0.209 e. The van der Waals surface area contributed by atoms with Gasteiger partial charge in [-0.15, -0.1) is 11.3 Å². The second-order valence-corrected chi connectivity index (χ2v) is 9.52. The van der Waals surface area contributed by atoms with Crippen LogP contribution >= 0.6 is 11.3 Å². The first-order valence-electron chi connectivity index (χ1n) is 11.8. The van der Waals surface area contributed by atoms with Gasteiger partial charge in [0.2, 0.25) is 0 Å². The van der Waals surface area contributed by atoms with Crippen molar-refractivity contribution in [3.63, 3.8) is 0 Å². The SMILES string of the molecule is C=C/C=C(\C)c1nc(/C(C)=C/C=C)nc(-c2ccccc2)n1.Cc1ccc2c(c1)sc1ccccc12. The monoisotopic (exact) mass is 487 g/mol. The molecule has 0 aliphatic rings. The van der Waals surface area contributed by atoms with Gasteiger partial charge in [0.25, 0.3) is 0 Å². The molecule has 5 rings (SSSR count). The summed E-state index contributed by atoms with van der Waals surface area (Å²) in [5.74, 6) is 1.97. The lowest BCUT2D eigenvalue weighted by molar-refractivity contribution is 0.994. The van der Waals surface area contributed by atoms with Crippen molar-refractivity contribution >= 4 is 42.7 Å². The van der Waals surface area contributed by atoms with Gasteiger partial charge in [0.15, 0.2) is 17.5 Å². The number of fused-ring (bicyclic) bond motifs is 3. The molecule has 2 aromatic heterocycles. The molecule has 0 unspecified atom stereocenters. The fraction of sp³-hybridized carbons (Fsp3) is 0.0938. The molecule has 2 heterocycles. The lowest BCUT2D eigenvalue weighted by Gasteiger charge is -2.08. The van der Waals surface area contributed by atoms with E-state index in [-0.39, 0.29) is 0 Å². The largest absolute Gasteiger partial charge is 0.209 e. The van der Waals surface area contributed by atoms with Gasteiger partial charge in [-0.1, -0.05) is 98.1 Å². The smallest absolute Gasteiger partial charge is 0.164 e. The molecule has 0 spiro atoms. The van der Waals surface area contributed by atoms with Crippen molar-refractivity contribution in [3.8, 4) is 11.4 Å². The van der Waals surface area contributed by atoms with Gasteiger partial charge in [-0.3, -0.25) is 0 Å². The molecule has 0 N–H and O–H groups in total. The normalized spacial score (nSPS) is 11.8. The summed E-state index contributed by atoms with van der Waals surface area (Å²) >= 11 is 1.88. The molecule has 0 saturated heterocycles. The first-order chi connectivity index (χ1) is 17.5. The van der Waals surface area contributed by atoms with Crippen LogP contribution < -0.4 is 0 Å². The first-order valence-corrected chi connectivity index (χ1v) is 12.6. The Kier molecular flexibility index (Phi) is 7.99. The Hall–Kier alpha value is -4.15. The van der Waals surface area contributed by atoms with E-state index in [9.17, 15) is 0 Å². The number of aryl methyl sites for hydroxylation is 1. The summed E-state index contributed by atoms with van der Waals surface area (Å²) in [5.41, 5.74) is 4.19. The summed E-state index contributed by atoms with van der Waals surface area (Å²) in [6.45, 7) is 13.5. The van der Waals surface area contributed by atoms with Gasteiger partial charge < -0.3 is 0 Å². The van der Waals surface area contributed by atoms with E-state index in [1.807, 2.05) is 67.7 Å². The molecule has 0 aliphatic carbocycles. The van der Waals surface area contributed by atoms with E-state index >= 15 is 0 Å². The Bertz CT molecular complexity index is 1550. The van der Waals surface area contributed by atoms with E-state index in [0.717, 1.165) is 16.7 Å². The summed E-state index contributed by atoms with van der Waals surface area (Å²) in [6, 6.07) is 25.2. The molecule has 0 fully saturated rings. The van der Waals surface area contributed by atoms with Crippen LogP contribution in [0.1, 0.15) is 31.1 Å². The lowest BCUT2D eigenvalue weighted by atomic mass is 10.1. The zero-order valence-electron chi connectivity index (χ0n) is 20.9. The molecule has 0 saturated carbocycles. The third kappa shape index (κ3) is 5.73. The Morgan fingerprint density at radius 2 is 1.28 bits per heavy atom. The highest BCUT2D eigenvalue weighted by Crippen LogP contribution is 2.33. The van der Waals surface area contributed by atoms with Gasteiger partial charge in [0, 0.05) is 25.7 Å². The molecule has 0 bridgehead atoms. The van der Waals surface area contributed by atoms with Crippen molar-refractivity contribution in [3.05, 3.63) is 127 Å². The molecule has 0 aliphatic heterocycles. The predicted molar refractivity (Wildman–Crippen MR) is 157 cm³/mol. The standard InChI is InChI=1S/C19H19N3.C13H10S/c1-5-10-14(3)17-20-18(15(4)11-6-2)22-19(21-17)16-12-8-7-9-13-16;1-9-6-7-11-10-4-2-3-5-12(10)14-13(11)8-9/h5-13H,1-2H2,3-4H3;2-8H,1H3/b14-10+,15-11+;.